The van der Waals surface area contributed by atoms with Crippen molar-refractivity contribution in [2.24, 2.45) is 0 Å². The first kappa shape index (κ1) is 17.1. The van der Waals surface area contributed by atoms with E-state index < -0.39 is 0 Å². The van der Waals surface area contributed by atoms with E-state index >= 15 is 0 Å². The van der Waals surface area contributed by atoms with E-state index in [-0.39, 0.29) is 11.4 Å². The highest BCUT2D eigenvalue weighted by atomic mass is 32.1. The molecule has 1 aliphatic rings. The average molecular weight is 347 g/mol. The van der Waals surface area contributed by atoms with Crippen LogP contribution in [0.25, 0.3) is 0 Å². The van der Waals surface area contributed by atoms with E-state index in [1.165, 1.54) is 18.5 Å². The first-order valence-corrected chi connectivity index (χ1v) is 9.41. The highest BCUT2D eigenvalue weighted by molar-refractivity contribution is 7.11. The standard InChI is InChI=1S/C18H26N4OS/c1-11-14(19-12(2)24-11)10-16(23)21-17-20-13-8-6-7-9-15(13)22(17)18(3,4)5/h6-10H2,1-5H3,(H,20,21,23). The fourth-order valence-corrected chi connectivity index (χ4v) is 4.24. The molecule has 0 radical (unpaired) electrons. The van der Waals surface area contributed by atoms with E-state index in [9.17, 15) is 4.79 Å². The van der Waals surface area contributed by atoms with E-state index in [4.69, 9.17) is 4.98 Å². The van der Waals surface area contributed by atoms with Crippen molar-refractivity contribution in [3.63, 3.8) is 0 Å². The first-order valence-electron chi connectivity index (χ1n) is 8.59. The van der Waals surface area contributed by atoms with Gasteiger partial charge in [0.15, 0.2) is 0 Å². The van der Waals surface area contributed by atoms with E-state index in [1.54, 1.807) is 11.3 Å². The molecule has 1 N–H and O–H groups in total. The molecule has 0 bridgehead atoms. The van der Waals surface area contributed by atoms with Crippen LogP contribution in [0, 0.1) is 13.8 Å². The summed E-state index contributed by atoms with van der Waals surface area (Å²) in [7, 11) is 0. The fraction of sp³-hybridized carbons (Fsp3) is 0.611. The number of hydrogen-bond donors (Lipinski definition) is 1. The van der Waals surface area contributed by atoms with Crippen molar-refractivity contribution in [2.45, 2.75) is 72.3 Å². The van der Waals surface area contributed by atoms with Gasteiger partial charge < -0.3 is 4.57 Å². The maximum absolute atomic E-state index is 12.5. The van der Waals surface area contributed by atoms with Gasteiger partial charge in [0.2, 0.25) is 11.9 Å². The molecule has 6 heteroatoms. The number of nitrogens with one attached hydrogen (secondary N) is 1. The summed E-state index contributed by atoms with van der Waals surface area (Å²) in [6, 6.07) is 0. The van der Waals surface area contributed by atoms with Gasteiger partial charge in [0.05, 0.1) is 22.8 Å². The van der Waals surface area contributed by atoms with Gasteiger partial charge in [-0.3, -0.25) is 10.1 Å². The molecule has 0 fully saturated rings. The number of imidazole rings is 1. The quantitative estimate of drug-likeness (QED) is 0.920. The van der Waals surface area contributed by atoms with Gasteiger partial charge in [0, 0.05) is 16.1 Å². The Morgan fingerprint density at radius 1 is 1.21 bits per heavy atom. The first-order chi connectivity index (χ1) is 11.3. The number of aryl methyl sites for hydroxylation is 3. The van der Waals surface area contributed by atoms with Gasteiger partial charge in [-0.15, -0.1) is 11.3 Å². The van der Waals surface area contributed by atoms with Crippen LogP contribution < -0.4 is 5.32 Å². The van der Waals surface area contributed by atoms with Crippen LogP contribution in [0.4, 0.5) is 5.95 Å². The maximum Gasteiger partial charge on any atom is 0.232 e. The number of rotatable bonds is 3. The summed E-state index contributed by atoms with van der Waals surface area (Å²) in [5.74, 6) is 0.639. The summed E-state index contributed by atoms with van der Waals surface area (Å²) < 4.78 is 2.21. The molecule has 130 valence electrons. The molecule has 2 aromatic heterocycles. The van der Waals surface area contributed by atoms with Gasteiger partial charge in [-0.05, 0) is 60.3 Å². The molecule has 0 aromatic carbocycles. The second kappa shape index (κ2) is 6.31. The minimum atomic E-state index is -0.103. The van der Waals surface area contributed by atoms with E-state index in [0.29, 0.717) is 12.4 Å². The molecule has 2 aromatic rings. The van der Waals surface area contributed by atoms with Crippen molar-refractivity contribution in [2.75, 3.05) is 5.32 Å². The highest BCUT2D eigenvalue weighted by Gasteiger charge is 2.27. The van der Waals surface area contributed by atoms with Crippen molar-refractivity contribution >= 4 is 23.2 Å². The average Bonchev–Trinajstić information content (AvgIpc) is 2.97. The van der Waals surface area contributed by atoms with Crippen LogP contribution in [0.15, 0.2) is 0 Å². The normalized spacial score (nSPS) is 14.5. The lowest BCUT2D eigenvalue weighted by atomic mass is 9.99. The molecular formula is C18H26N4OS. The molecule has 3 rings (SSSR count). The zero-order valence-corrected chi connectivity index (χ0v) is 16.0. The zero-order valence-electron chi connectivity index (χ0n) is 15.2. The molecule has 1 aliphatic carbocycles. The van der Waals surface area contributed by atoms with Gasteiger partial charge in [0.25, 0.3) is 0 Å². The van der Waals surface area contributed by atoms with Crippen molar-refractivity contribution < 1.29 is 4.79 Å². The van der Waals surface area contributed by atoms with Gasteiger partial charge in [-0.2, -0.15) is 0 Å². The monoisotopic (exact) mass is 346 g/mol. The van der Waals surface area contributed by atoms with Gasteiger partial charge >= 0.3 is 0 Å². The third kappa shape index (κ3) is 3.38. The number of hydrogen-bond acceptors (Lipinski definition) is 4. The number of carbonyl (C=O) groups is 1. The van der Waals surface area contributed by atoms with Gasteiger partial charge in [-0.25, -0.2) is 9.97 Å². The molecule has 0 unspecified atom stereocenters. The van der Waals surface area contributed by atoms with Gasteiger partial charge in [-0.1, -0.05) is 0 Å². The Kier molecular flexibility index (Phi) is 4.51. The lowest BCUT2D eigenvalue weighted by molar-refractivity contribution is -0.115. The van der Waals surface area contributed by atoms with Crippen LogP contribution in [0.1, 0.15) is 60.6 Å². The summed E-state index contributed by atoms with van der Waals surface area (Å²) in [4.78, 5) is 22.8. The van der Waals surface area contributed by atoms with E-state index in [2.05, 4.69) is 35.6 Å². The minimum Gasteiger partial charge on any atom is -0.309 e. The third-order valence-electron chi connectivity index (χ3n) is 4.38. The number of carbonyl (C=O) groups excluding carboxylic acids is 1. The second-order valence-electron chi connectivity index (χ2n) is 7.50. The maximum atomic E-state index is 12.5. The Labute approximate surface area is 147 Å². The summed E-state index contributed by atoms with van der Waals surface area (Å²) in [6.07, 6.45) is 4.72. The third-order valence-corrected chi connectivity index (χ3v) is 5.31. The lowest BCUT2D eigenvalue weighted by Gasteiger charge is -2.27. The molecule has 0 atom stereocenters. The van der Waals surface area contributed by atoms with Crippen LogP contribution in [-0.4, -0.2) is 20.4 Å². The van der Waals surface area contributed by atoms with Crippen molar-refractivity contribution in [3.05, 3.63) is 27.0 Å². The van der Waals surface area contributed by atoms with Crippen LogP contribution in [0.2, 0.25) is 0 Å². The zero-order chi connectivity index (χ0) is 17.5. The van der Waals surface area contributed by atoms with Crippen molar-refractivity contribution in [3.8, 4) is 0 Å². The summed E-state index contributed by atoms with van der Waals surface area (Å²) in [5, 5.41) is 4.04. The van der Waals surface area contributed by atoms with E-state index in [1.807, 2.05) is 13.8 Å². The second-order valence-corrected chi connectivity index (χ2v) is 8.91. The molecule has 5 nitrogen and oxygen atoms in total. The Hall–Kier alpha value is -1.69. The molecular weight excluding hydrogens is 320 g/mol. The predicted octanol–water partition coefficient (Wildman–Crippen LogP) is 3.77. The Bertz CT molecular complexity index is 767. The Balaban J connectivity index is 1.85. The molecule has 0 aliphatic heterocycles. The summed E-state index contributed by atoms with van der Waals surface area (Å²) in [6.45, 7) is 10.5. The van der Waals surface area contributed by atoms with Crippen LogP contribution in [-0.2, 0) is 29.6 Å². The van der Waals surface area contributed by atoms with Gasteiger partial charge in [0.1, 0.15) is 0 Å². The number of anilines is 1. The van der Waals surface area contributed by atoms with Crippen molar-refractivity contribution in [1.82, 2.24) is 14.5 Å². The molecule has 1 amide bonds. The molecule has 2 heterocycles. The number of thiazole rings is 1. The topological polar surface area (TPSA) is 59.8 Å². The number of aromatic nitrogens is 3. The fourth-order valence-electron chi connectivity index (χ4n) is 3.40. The smallest absolute Gasteiger partial charge is 0.232 e. The van der Waals surface area contributed by atoms with Crippen LogP contribution in [0.5, 0.6) is 0 Å². The van der Waals surface area contributed by atoms with E-state index in [0.717, 1.165) is 34.1 Å². The predicted molar refractivity (Wildman–Crippen MR) is 97.8 cm³/mol. The Morgan fingerprint density at radius 3 is 2.54 bits per heavy atom. The lowest BCUT2D eigenvalue weighted by Crippen LogP contribution is -2.28. The largest absolute Gasteiger partial charge is 0.309 e. The molecule has 24 heavy (non-hydrogen) atoms. The highest BCUT2D eigenvalue weighted by Crippen LogP contribution is 2.31. The van der Waals surface area contributed by atoms with Crippen LogP contribution >= 0.6 is 11.3 Å². The minimum absolute atomic E-state index is 0.0451. The number of fused-ring (bicyclic) bond motifs is 1. The Morgan fingerprint density at radius 2 is 1.92 bits per heavy atom. The molecule has 0 saturated heterocycles. The molecule has 0 saturated carbocycles. The van der Waals surface area contributed by atoms with Crippen molar-refractivity contribution in [1.29, 1.82) is 0 Å². The molecule has 0 spiro atoms. The summed E-state index contributed by atoms with van der Waals surface area (Å²) in [5.41, 5.74) is 3.19. The van der Waals surface area contributed by atoms with Crippen LogP contribution in [0.3, 0.4) is 0 Å². The summed E-state index contributed by atoms with van der Waals surface area (Å²) >= 11 is 1.64. The SMILES string of the molecule is Cc1nc(CC(=O)Nc2nc3c(n2C(C)(C)C)CCCC3)c(C)s1. The number of amides is 1. The number of nitrogens with zero attached hydrogens (tertiary/aromatic N) is 3.